The summed E-state index contributed by atoms with van der Waals surface area (Å²) >= 11 is 2.11. The van der Waals surface area contributed by atoms with E-state index in [1.54, 1.807) is 0 Å². The second-order valence-electron chi connectivity index (χ2n) is 13.1. The molecule has 7 nitrogen and oxygen atoms in total. The number of nitrogens with zero attached hydrogens (tertiary/aromatic N) is 5. The maximum Gasteiger partial charge on any atom is 0.186 e. The van der Waals surface area contributed by atoms with Gasteiger partial charge in [0.25, 0.3) is 0 Å². The summed E-state index contributed by atoms with van der Waals surface area (Å²) in [7, 11) is 0.0161. The molecule has 4 heterocycles. The first kappa shape index (κ1) is 28.2. The molecule has 0 aromatic carbocycles. The first-order valence-corrected chi connectivity index (χ1v) is 22.1. The van der Waals surface area contributed by atoms with Crippen molar-refractivity contribution in [1.82, 2.24) is 19.4 Å². The van der Waals surface area contributed by atoms with E-state index in [1.165, 1.54) is 30.0 Å². The van der Waals surface area contributed by atoms with Gasteiger partial charge in [0.15, 0.2) is 13.6 Å². The first-order chi connectivity index (χ1) is 17.0. The Morgan fingerprint density at radius 3 is 2.14 bits per heavy atom. The van der Waals surface area contributed by atoms with Crippen molar-refractivity contribution in [2.75, 3.05) is 43.1 Å². The summed E-state index contributed by atoms with van der Waals surface area (Å²) in [5.74, 6) is 3.97. The van der Waals surface area contributed by atoms with Gasteiger partial charge < -0.3 is 19.2 Å². The van der Waals surface area contributed by atoms with E-state index in [0.717, 1.165) is 36.8 Å². The third-order valence-electron chi connectivity index (χ3n) is 7.48. The van der Waals surface area contributed by atoms with Crippen molar-refractivity contribution in [2.24, 2.45) is 0 Å². The summed E-state index contributed by atoms with van der Waals surface area (Å²) in [6, 6.07) is 7.89. The Morgan fingerprint density at radius 1 is 1.00 bits per heavy atom. The molecule has 36 heavy (non-hydrogen) atoms. The molecular formula is C25H46BN5O2SSi2. The van der Waals surface area contributed by atoms with Gasteiger partial charge in [-0.15, -0.1) is 0 Å². The zero-order chi connectivity index (χ0) is 25.9. The Kier molecular flexibility index (Phi) is 9.31. The normalized spacial score (nSPS) is 23.3. The number of anilines is 1. The highest BCUT2D eigenvalue weighted by molar-refractivity contribution is 7.99. The predicted octanol–water partition coefficient (Wildman–Crippen LogP) is 4.37. The van der Waals surface area contributed by atoms with Crippen molar-refractivity contribution in [1.29, 1.82) is 0 Å². The highest BCUT2D eigenvalue weighted by Crippen LogP contribution is 2.39. The van der Waals surface area contributed by atoms with Gasteiger partial charge in [-0.2, -0.15) is 21.4 Å². The van der Waals surface area contributed by atoms with Crippen LogP contribution < -0.4 is 4.90 Å². The number of thioether (sulfide) groups is 1. The van der Waals surface area contributed by atoms with Crippen molar-refractivity contribution in [2.45, 2.75) is 82.2 Å². The quantitative estimate of drug-likeness (QED) is 0.222. The molecule has 0 amide bonds. The summed E-state index contributed by atoms with van der Waals surface area (Å²) in [5.41, 5.74) is 2.11. The Bertz CT molecular complexity index is 963. The molecule has 2 saturated heterocycles. The number of fused-ring (bicyclic) bond motifs is 3. The zero-order valence-corrected chi connectivity index (χ0v) is 26.3. The van der Waals surface area contributed by atoms with Gasteiger partial charge in [-0.05, 0) is 24.9 Å². The Labute approximate surface area is 225 Å². The van der Waals surface area contributed by atoms with Crippen LogP contribution in [0.2, 0.25) is 51.4 Å². The molecule has 0 spiro atoms. The standard InChI is InChI=1S/C25H46BN5O2SSi2/c1-35(2,3)11-9-32-18-29(19-33-10-12-36(4,5)6)25-15-23(28-24-7-8-27-31(24)25)20-13-21-16-34-17-22(14-20)30(21)26/h7-8,15,20-22H,9-14,16-19,26H2,1-6H3. The van der Waals surface area contributed by atoms with Crippen LogP contribution in [0.15, 0.2) is 18.3 Å². The molecule has 2 aromatic heterocycles. The summed E-state index contributed by atoms with van der Waals surface area (Å²) in [6.07, 6.45) is 4.21. The molecule has 2 aromatic rings. The van der Waals surface area contributed by atoms with Crippen molar-refractivity contribution in [3.63, 3.8) is 0 Å². The molecule has 2 unspecified atom stereocenters. The van der Waals surface area contributed by atoms with Gasteiger partial charge >= 0.3 is 0 Å². The largest absolute Gasteiger partial charge is 0.361 e. The maximum atomic E-state index is 6.23. The van der Waals surface area contributed by atoms with E-state index in [9.17, 15) is 0 Å². The lowest BCUT2D eigenvalue weighted by molar-refractivity contribution is 0.0942. The summed E-state index contributed by atoms with van der Waals surface area (Å²) < 4.78 is 14.4. The molecule has 0 saturated carbocycles. The van der Waals surface area contributed by atoms with Crippen LogP contribution in [0.25, 0.3) is 5.65 Å². The van der Waals surface area contributed by atoms with Crippen LogP contribution in [0.3, 0.4) is 0 Å². The van der Waals surface area contributed by atoms with Gasteiger partial charge in [-0.1, -0.05) is 39.3 Å². The van der Waals surface area contributed by atoms with E-state index < -0.39 is 16.1 Å². The minimum absolute atomic E-state index is 0.484. The van der Waals surface area contributed by atoms with Crippen LogP contribution in [-0.2, 0) is 9.47 Å². The molecule has 0 radical (unpaired) electrons. The van der Waals surface area contributed by atoms with Crippen LogP contribution in [0.5, 0.6) is 0 Å². The topological polar surface area (TPSA) is 55.1 Å². The molecule has 0 aliphatic carbocycles. The number of hydrogen-bond acceptors (Lipinski definition) is 7. The lowest BCUT2D eigenvalue weighted by atomic mass is 9.82. The second kappa shape index (κ2) is 11.9. The fraction of sp³-hybridized carbons (Fsp3) is 0.760. The predicted molar refractivity (Wildman–Crippen MR) is 161 cm³/mol. The van der Waals surface area contributed by atoms with Crippen LogP contribution in [0.1, 0.15) is 24.5 Å². The molecule has 2 aliphatic rings. The van der Waals surface area contributed by atoms with Crippen molar-refractivity contribution in [3.8, 4) is 0 Å². The molecule has 4 rings (SSSR count). The summed E-state index contributed by atoms with van der Waals surface area (Å²) in [6.45, 7) is 17.0. The van der Waals surface area contributed by atoms with E-state index in [1.807, 2.05) is 16.8 Å². The Balaban J connectivity index is 1.55. The molecule has 2 fully saturated rings. The maximum absolute atomic E-state index is 6.23. The van der Waals surface area contributed by atoms with Crippen LogP contribution >= 0.6 is 11.8 Å². The smallest absolute Gasteiger partial charge is 0.186 e. The van der Waals surface area contributed by atoms with Crippen molar-refractivity contribution in [3.05, 3.63) is 24.0 Å². The van der Waals surface area contributed by atoms with E-state index in [4.69, 9.17) is 14.5 Å². The summed E-state index contributed by atoms with van der Waals surface area (Å²) in [4.78, 5) is 9.91. The minimum Gasteiger partial charge on any atom is -0.361 e. The molecule has 11 heteroatoms. The van der Waals surface area contributed by atoms with E-state index >= 15 is 0 Å². The molecule has 200 valence electrons. The number of hydrogen-bond donors (Lipinski definition) is 0. The number of aromatic nitrogens is 3. The molecule has 2 atom stereocenters. The number of rotatable bonds is 12. The monoisotopic (exact) mass is 547 g/mol. The highest BCUT2D eigenvalue weighted by atomic mass is 32.2. The van der Waals surface area contributed by atoms with Crippen LogP contribution in [0.4, 0.5) is 5.82 Å². The van der Waals surface area contributed by atoms with E-state index in [0.29, 0.717) is 31.5 Å². The van der Waals surface area contributed by atoms with Gasteiger partial charge in [-0.3, -0.25) is 0 Å². The minimum atomic E-state index is -1.15. The third kappa shape index (κ3) is 7.60. The highest BCUT2D eigenvalue weighted by Gasteiger charge is 2.37. The lowest BCUT2D eigenvalue weighted by Crippen LogP contribution is -2.52. The summed E-state index contributed by atoms with van der Waals surface area (Å²) in [5, 5.41) is 4.63. The number of piperidine rings is 1. The van der Waals surface area contributed by atoms with Gasteiger partial charge in [0, 0.05) is 76.7 Å². The van der Waals surface area contributed by atoms with Crippen LogP contribution in [-0.4, -0.2) is 93.8 Å². The average Bonchev–Trinajstić information content (AvgIpc) is 3.25. The molecular weight excluding hydrogens is 501 g/mol. The van der Waals surface area contributed by atoms with Gasteiger partial charge in [0.2, 0.25) is 0 Å². The fourth-order valence-electron chi connectivity index (χ4n) is 4.96. The average molecular weight is 548 g/mol. The van der Waals surface area contributed by atoms with Gasteiger partial charge in [0.05, 0.1) is 6.20 Å². The third-order valence-corrected chi connectivity index (χ3v) is 12.1. The van der Waals surface area contributed by atoms with Gasteiger partial charge in [0.1, 0.15) is 19.3 Å². The van der Waals surface area contributed by atoms with Crippen LogP contribution in [0, 0.1) is 0 Å². The first-order valence-electron chi connectivity index (χ1n) is 13.5. The fourth-order valence-corrected chi connectivity index (χ4v) is 7.90. The van der Waals surface area contributed by atoms with Crippen molar-refractivity contribution < 1.29 is 9.47 Å². The zero-order valence-electron chi connectivity index (χ0n) is 23.5. The molecule has 0 N–H and O–H groups in total. The SMILES string of the molecule is BN1C2CSCC1CC(c1cc(N(COCC[Si](C)(C)C)COCC[Si](C)(C)C)n3nccc3n1)C2. The van der Waals surface area contributed by atoms with Crippen molar-refractivity contribution >= 4 is 47.4 Å². The van der Waals surface area contributed by atoms with E-state index in [2.05, 4.69) is 79.9 Å². The Hall–Kier alpha value is -0.851. The molecule has 2 aliphatic heterocycles. The number of ether oxygens (including phenoxy) is 2. The van der Waals surface area contributed by atoms with Gasteiger partial charge in [-0.25, -0.2) is 4.98 Å². The second-order valence-corrected chi connectivity index (χ2v) is 25.4. The Morgan fingerprint density at radius 2 is 1.58 bits per heavy atom. The molecule has 2 bridgehead atoms. The van der Waals surface area contributed by atoms with E-state index in [-0.39, 0.29) is 0 Å². The lowest BCUT2D eigenvalue weighted by Gasteiger charge is -2.47.